The van der Waals surface area contributed by atoms with Crippen LogP contribution in [0.2, 0.25) is 0 Å². The number of amides is 1. The Labute approximate surface area is 76.4 Å². The predicted octanol–water partition coefficient (Wildman–Crippen LogP) is 0.542. The van der Waals surface area contributed by atoms with Crippen LogP contribution in [0.25, 0.3) is 0 Å². The smallest absolute Gasteiger partial charge is 0.267 e. The van der Waals surface area contributed by atoms with E-state index in [9.17, 15) is 9.90 Å². The number of hydrogen-bond donors (Lipinski definition) is 2. The Hall–Kier alpha value is -1.42. The summed E-state index contributed by atoms with van der Waals surface area (Å²) >= 11 is 0. The minimum atomic E-state index is -0.610. The second-order valence-electron chi connectivity index (χ2n) is 2.97. The summed E-state index contributed by atoms with van der Waals surface area (Å²) in [6.07, 6.45) is 0.920. The molecule has 70 valence electrons. The van der Waals surface area contributed by atoms with E-state index in [4.69, 9.17) is 5.73 Å². The molecule has 1 aromatic rings. The van der Waals surface area contributed by atoms with Gasteiger partial charge in [0, 0.05) is 6.20 Å². The number of primary amides is 1. The monoisotopic (exact) mass is 180 g/mol. The summed E-state index contributed by atoms with van der Waals surface area (Å²) in [7, 11) is 0. The largest absolute Gasteiger partial charge is 0.389 e. The number of hydrogen-bond acceptors (Lipinski definition) is 3. The van der Waals surface area contributed by atoms with Crippen LogP contribution in [0.1, 0.15) is 34.6 Å². The van der Waals surface area contributed by atoms with Crippen molar-refractivity contribution in [1.82, 2.24) is 4.98 Å². The van der Waals surface area contributed by atoms with Crippen molar-refractivity contribution in [3.8, 4) is 0 Å². The molecule has 0 aliphatic rings. The van der Waals surface area contributed by atoms with Gasteiger partial charge < -0.3 is 10.8 Å². The number of pyridine rings is 1. The van der Waals surface area contributed by atoms with E-state index in [0.717, 1.165) is 5.56 Å². The fourth-order valence-electron chi connectivity index (χ4n) is 1.12. The Morgan fingerprint density at radius 2 is 2.31 bits per heavy atom. The van der Waals surface area contributed by atoms with Gasteiger partial charge in [0.15, 0.2) is 0 Å². The molecule has 0 bridgehead atoms. The van der Waals surface area contributed by atoms with Gasteiger partial charge in [-0.05, 0) is 31.0 Å². The van der Waals surface area contributed by atoms with Crippen LogP contribution in [0.15, 0.2) is 12.3 Å². The molecule has 0 fully saturated rings. The molecule has 0 saturated heterocycles. The SMILES string of the molecule is Cc1cnc(C(N)=O)cc1[C@H](C)O. The maximum atomic E-state index is 10.8. The third-order valence-electron chi connectivity index (χ3n) is 1.85. The summed E-state index contributed by atoms with van der Waals surface area (Å²) in [5.74, 6) is -0.582. The number of nitrogens with two attached hydrogens (primary N) is 1. The lowest BCUT2D eigenvalue weighted by Crippen LogP contribution is -2.14. The van der Waals surface area contributed by atoms with Gasteiger partial charge in [0.05, 0.1) is 6.10 Å². The molecule has 0 saturated carbocycles. The van der Waals surface area contributed by atoms with E-state index in [-0.39, 0.29) is 5.69 Å². The number of aliphatic hydroxyl groups excluding tert-OH is 1. The molecular formula is C9H12N2O2. The lowest BCUT2D eigenvalue weighted by Gasteiger charge is -2.08. The van der Waals surface area contributed by atoms with Gasteiger partial charge in [0.1, 0.15) is 5.69 Å². The Kier molecular flexibility index (Phi) is 2.63. The summed E-state index contributed by atoms with van der Waals surface area (Å²) in [6.45, 7) is 3.45. The van der Waals surface area contributed by atoms with Gasteiger partial charge in [-0.2, -0.15) is 0 Å². The lowest BCUT2D eigenvalue weighted by molar-refractivity contribution is 0.0995. The maximum Gasteiger partial charge on any atom is 0.267 e. The topological polar surface area (TPSA) is 76.2 Å². The van der Waals surface area contributed by atoms with Crippen LogP contribution in [-0.4, -0.2) is 16.0 Å². The van der Waals surface area contributed by atoms with Crippen molar-refractivity contribution in [2.75, 3.05) is 0 Å². The number of nitrogens with zero attached hydrogens (tertiary/aromatic N) is 1. The van der Waals surface area contributed by atoms with E-state index in [0.29, 0.717) is 5.56 Å². The van der Waals surface area contributed by atoms with Crippen molar-refractivity contribution in [3.05, 3.63) is 29.1 Å². The van der Waals surface area contributed by atoms with Gasteiger partial charge in [0.25, 0.3) is 5.91 Å². The van der Waals surface area contributed by atoms with Crippen molar-refractivity contribution in [2.45, 2.75) is 20.0 Å². The lowest BCUT2D eigenvalue weighted by atomic mass is 10.1. The molecule has 13 heavy (non-hydrogen) atoms. The van der Waals surface area contributed by atoms with E-state index in [1.807, 2.05) is 6.92 Å². The first kappa shape index (κ1) is 9.67. The van der Waals surface area contributed by atoms with Crippen molar-refractivity contribution in [3.63, 3.8) is 0 Å². The van der Waals surface area contributed by atoms with Crippen LogP contribution >= 0.6 is 0 Å². The Morgan fingerprint density at radius 3 is 2.77 bits per heavy atom. The fraction of sp³-hybridized carbons (Fsp3) is 0.333. The zero-order valence-electron chi connectivity index (χ0n) is 7.61. The second-order valence-corrected chi connectivity index (χ2v) is 2.97. The molecule has 1 heterocycles. The summed E-state index contributed by atoms with van der Waals surface area (Å²) in [6, 6.07) is 1.52. The highest BCUT2D eigenvalue weighted by Gasteiger charge is 2.09. The van der Waals surface area contributed by atoms with E-state index in [2.05, 4.69) is 4.98 Å². The molecule has 0 radical (unpaired) electrons. The number of carbonyl (C=O) groups excluding carboxylic acids is 1. The van der Waals surface area contributed by atoms with Crippen LogP contribution in [0, 0.1) is 6.92 Å². The standard InChI is InChI=1S/C9H12N2O2/c1-5-4-11-8(9(10)13)3-7(5)6(2)12/h3-4,6,12H,1-2H3,(H2,10,13)/t6-/m0/s1. The average Bonchev–Trinajstić information content (AvgIpc) is 2.04. The van der Waals surface area contributed by atoms with Crippen LogP contribution in [-0.2, 0) is 0 Å². The fourth-order valence-corrected chi connectivity index (χ4v) is 1.12. The Bertz CT molecular complexity index is 334. The number of aliphatic hydroxyl groups is 1. The molecule has 0 aliphatic carbocycles. The second kappa shape index (κ2) is 3.53. The number of rotatable bonds is 2. The van der Waals surface area contributed by atoms with Crippen LogP contribution < -0.4 is 5.73 Å². The zero-order valence-corrected chi connectivity index (χ0v) is 7.61. The minimum absolute atomic E-state index is 0.182. The summed E-state index contributed by atoms with van der Waals surface area (Å²) in [5, 5.41) is 9.33. The Balaban J connectivity index is 3.19. The van der Waals surface area contributed by atoms with Gasteiger partial charge in [-0.3, -0.25) is 9.78 Å². The van der Waals surface area contributed by atoms with Gasteiger partial charge >= 0.3 is 0 Å². The first-order valence-corrected chi connectivity index (χ1v) is 3.96. The third kappa shape index (κ3) is 2.03. The minimum Gasteiger partial charge on any atom is -0.389 e. The van der Waals surface area contributed by atoms with Crippen molar-refractivity contribution in [1.29, 1.82) is 0 Å². The van der Waals surface area contributed by atoms with E-state index in [1.165, 1.54) is 12.3 Å². The molecule has 0 unspecified atom stereocenters. The average molecular weight is 180 g/mol. The molecule has 4 nitrogen and oxygen atoms in total. The maximum absolute atomic E-state index is 10.8. The summed E-state index contributed by atoms with van der Waals surface area (Å²) < 4.78 is 0. The van der Waals surface area contributed by atoms with Crippen molar-refractivity contribution < 1.29 is 9.90 Å². The first-order valence-electron chi connectivity index (χ1n) is 3.96. The molecule has 1 rings (SSSR count). The van der Waals surface area contributed by atoms with Gasteiger partial charge in [0.2, 0.25) is 0 Å². The van der Waals surface area contributed by atoms with Crippen LogP contribution in [0.3, 0.4) is 0 Å². The Morgan fingerprint density at radius 1 is 1.69 bits per heavy atom. The van der Waals surface area contributed by atoms with E-state index in [1.54, 1.807) is 6.92 Å². The van der Waals surface area contributed by atoms with Crippen molar-refractivity contribution >= 4 is 5.91 Å². The molecule has 1 aromatic heterocycles. The molecule has 1 atom stereocenters. The molecule has 4 heteroatoms. The first-order chi connectivity index (χ1) is 6.02. The highest BCUT2D eigenvalue weighted by molar-refractivity contribution is 5.90. The highest BCUT2D eigenvalue weighted by atomic mass is 16.3. The predicted molar refractivity (Wildman–Crippen MR) is 48.1 cm³/mol. The number of aryl methyl sites for hydroxylation is 1. The summed E-state index contributed by atoms with van der Waals surface area (Å²) in [5.41, 5.74) is 6.76. The van der Waals surface area contributed by atoms with Gasteiger partial charge in [-0.1, -0.05) is 0 Å². The zero-order chi connectivity index (χ0) is 10.0. The van der Waals surface area contributed by atoms with E-state index < -0.39 is 12.0 Å². The molecule has 3 N–H and O–H groups in total. The van der Waals surface area contributed by atoms with Gasteiger partial charge in [-0.25, -0.2) is 0 Å². The quantitative estimate of drug-likeness (QED) is 0.697. The van der Waals surface area contributed by atoms with Crippen LogP contribution in [0.4, 0.5) is 0 Å². The molecular weight excluding hydrogens is 168 g/mol. The van der Waals surface area contributed by atoms with E-state index >= 15 is 0 Å². The number of aromatic nitrogens is 1. The molecule has 0 spiro atoms. The normalized spacial score (nSPS) is 12.5. The molecule has 1 amide bonds. The summed E-state index contributed by atoms with van der Waals surface area (Å²) in [4.78, 5) is 14.6. The van der Waals surface area contributed by atoms with Gasteiger partial charge in [-0.15, -0.1) is 0 Å². The number of carbonyl (C=O) groups is 1. The van der Waals surface area contributed by atoms with Crippen LogP contribution in [0.5, 0.6) is 0 Å². The molecule has 0 aliphatic heterocycles. The molecule has 0 aromatic carbocycles. The highest BCUT2D eigenvalue weighted by Crippen LogP contribution is 2.16. The van der Waals surface area contributed by atoms with Crippen molar-refractivity contribution in [2.24, 2.45) is 5.73 Å². The third-order valence-corrected chi connectivity index (χ3v) is 1.85.